The molecule has 0 bridgehead atoms. The molecule has 2 heterocycles. The van der Waals surface area contributed by atoms with Gasteiger partial charge in [0, 0.05) is 55.0 Å². The van der Waals surface area contributed by atoms with Crippen molar-refractivity contribution in [1.82, 2.24) is 9.47 Å². The van der Waals surface area contributed by atoms with Crippen LogP contribution in [0.15, 0.2) is 42.5 Å². The zero-order valence-electron chi connectivity index (χ0n) is 17.1. The van der Waals surface area contributed by atoms with Crippen LogP contribution >= 0.6 is 0 Å². The number of anilines is 1. The highest BCUT2D eigenvalue weighted by atomic mass is 19.1. The second kappa shape index (κ2) is 7.78. The van der Waals surface area contributed by atoms with Gasteiger partial charge in [-0.15, -0.1) is 0 Å². The third-order valence-electron chi connectivity index (χ3n) is 5.82. The Bertz CT molecular complexity index is 1030. The van der Waals surface area contributed by atoms with E-state index in [1.54, 1.807) is 19.2 Å². The van der Waals surface area contributed by atoms with Crippen molar-refractivity contribution in [2.75, 3.05) is 38.2 Å². The summed E-state index contributed by atoms with van der Waals surface area (Å²) in [5.74, 6) is 0.577. The first-order chi connectivity index (χ1) is 14.0. The van der Waals surface area contributed by atoms with Crippen molar-refractivity contribution in [1.29, 1.82) is 0 Å². The first-order valence-electron chi connectivity index (χ1n) is 10.00. The van der Waals surface area contributed by atoms with Crippen molar-refractivity contribution < 1.29 is 13.9 Å². The standard InChI is InChI=1S/C23H26FN3O2/c1-4-27-16(2)22(20-15-19(29-3)9-10-21(20)27)23(28)26-13-11-25(12-14-26)18-7-5-17(24)6-8-18/h5-10,15H,4,11-14H2,1-3H3. The number of hydrogen-bond donors (Lipinski definition) is 0. The van der Waals surface area contributed by atoms with Gasteiger partial charge in [0.15, 0.2) is 0 Å². The molecule has 0 unspecified atom stereocenters. The molecule has 0 aliphatic carbocycles. The highest BCUT2D eigenvalue weighted by Gasteiger charge is 2.27. The largest absolute Gasteiger partial charge is 0.497 e. The van der Waals surface area contributed by atoms with Crippen LogP contribution in [0, 0.1) is 12.7 Å². The average Bonchev–Trinajstić information content (AvgIpc) is 3.04. The lowest BCUT2D eigenvalue weighted by molar-refractivity contribution is 0.0747. The molecule has 0 spiro atoms. The van der Waals surface area contributed by atoms with Gasteiger partial charge in [-0.05, 0) is 56.3 Å². The Morgan fingerprint density at radius 1 is 1.07 bits per heavy atom. The summed E-state index contributed by atoms with van der Waals surface area (Å²) in [6.07, 6.45) is 0. The predicted octanol–water partition coefficient (Wildman–Crippen LogP) is 4.08. The van der Waals surface area contributed by atoms with Crippen LogP contribution in [-0.4, -0.2) is 48.7 Å². The van der Waals surface area contributed by atoms with Gasteiger partial charge < -0.3 is 19.1 Å². The normalized spacial score (nSPS) is 14.5. The van der Waals surface area contributed by atoms with Crippen molar-refractivity contribution in [2.45, 2.75) is 20.4 Å². The molecule has 1 fully saturated rings. The van der Waals surface area contributed by atoms with Gasteiger partial charge in [-0.3, -0.25) is 4.79 Å². The predicted molar refractivity (Wildman–Crippen MR) is 113 cm³/mol. The van der Waals surface area contributed by atoms with E-state index in [2.05, 4.69) is 16.4 Å². The zero-order chi connectivity index (χ0) is 20.5. The number of nitrogens with zero attached hydrogens (tertiary/aromatic N) is 3. The third-order valence-corrected chi connectivity index (χ3v) is 5.82. The summed E-state index contributed by atoms with van der Waals surface area (Å²) in [7, 11) is 1.64. The van der Waals surface area contributed by atoms with Crippen LogP contribution in [-0.2, 0) is 6.54 Å². The molecule has 0 radical (unpaired) electrons. The fraction of sp³-hybridized carbons (Fsp3) is 0.348. The lowest BCUT2D eigenvalue weighted by atomic mass is 10.1. The van der Waals surface area contributed by atoms with Gasteiger partial charge in [-0.25, -0.2) is 4.39 Å². The molecule has 2 aromatic carbocycles. The van der Waals surface area contributed by atoms with Gasteiger partial charge in [-0.1, -0.05) is 0 Å². The molecule has 1 aliphatic heterocycles. The number of ether oxygens (including phenoxy) is 1. The average molecular weight is 395 g/mol. The molecule has 1 aromatic heterocycles. The maximum atomic E-state index is 13.5. The molecular weight excluding hydrogens is 369 g/mol. The Morgan fingerprint density at radius 3 is 2.38 bits per heavy atom. The van der Waals surface area contributed by atoms with Crippen molar-refractivity contribution in [3.63, 3.8) is 0 Å². The van der Waals surface area contributed by atoms with Crippen molar-refractivity contribution >= 4 is 22.5 Å². The van der Waals surface area contributed by atoms with Gasteiger partial charge in [0.1, 0.15) is 11.6 Å². The quantitative estimate of drug-likeness (QED) is 0.668. The summed E-state index contributed by atoms with van der Waals surface area (Å²) in [6, 6.07) is 12.4. The van der Waals surface area contributed by atoms with Crippen LogP contribution in [0.2, 0.25) is 0 Å². The molecule has 152 valence electrons. The number of aryl methyl sites for hydroxylation is 1. The summed E-state index contributed by atoms with van der Waals surface area (Å²) in [6.45, 7) is 7.64. The summed E-state index contributed by atoms with van der Waals surface area (Å²) >= 11 is 0. The highest BCUT2D eigenvalue weighted by molar-refractivity contribution is 6.08. The number of carbonyl (C=O) groups is 1. The maximum absolute atomic E-state index is 13.5. The molecule has 1 saturated heterocycles. The van der Waals surface area contributed by atoms with Crippen LogP contribution in [0.25, 0.3) is 10.9 Å². The van der Waals surface area contributed by atoms with Crippen LogP contribution in [0.1, 0.15) is 23.0 Å². The molecule has 1 amide bonds. The van der Waals surface area contributed by atoms with Crippen LogP contribution in [0.3, 0.4) is 0 Å². The number of aromatic nitrogens is 1. The molecule has 0 atom stereocenters. The number of piperazine rings is 1. The summed E-state index contributed by atoms with van der Waals surface area (Å²) < 4.78 is 20.7. The minimum Gasteiger partial charge on any atom is -0.497 e. The van der Waals surface area contributed by atoms with E-state index in [0.29, 0.717) is 13.1 Å². The topological polar surface area (TPSA) is 37.7 Å². The minimum atomic E-state index is -0.235. The van der Waals surface area contributed by atoms with Crippen LogP contribution < -0.4 is 9.64 Å². The van der Waals surface area contributed by atoms with Gasteiger partial charge in [0.2, 0.25) is 0 Å². The zero-order valence-corrected chi connectivity index (χ0v) is 17.1. The molecule has 5 nitrogen and oxygen atoms in total. The summed E-state index contributed by atoms with van der Waals surface area (Å²) in [5, 5.41) is 0.940. The number of carbonyl (C=O) groups excluding carboxylic acids is 1. The number of amides is 1. The molecule has 4 rings (SSSR count). The fourth-order valence-corrected chi connectivity index (χ4v) is 4.24. The molecule has 29 heavy (non-hydrogen) atoms. The van der Waals surface area contributed by atoms with Crippen molar-refractivity contribution in [2.24, 2.45) is 0 Å². The molecule has 1 aliphatic rings. The van der Waals surface area contributed by atoms with Crippen LogP contribution in [0.4, 0.5) is 10.1 Å². The molecule has 6 heteroatoms. The highest BCUT2D eigenvalue weighted by Crippen LogP contribution is 2.31. The second-order valence-electron chi connectivity index (χ2n) is 7.34. The number of rotatable bonds is 4. The summed E-state index contributed by atoms with van der Waals surface area (Å²) in [4.78, 5) is 17.6. The molecule has 0 N–H and O–H groups in total. The summed E-state index contributed by atoms with van der Waals surface area (Å²) in [5.41, 5.74) is 3.79. The van der Waals surface area contributed by atoms with E-state index in [-0.39, 0.29) is 11.7 Å². The Kier molecular flexibility index (Phi) is 5.18. The van der Waals surface area contributed by atoms with E-state index in [0.717, 1.165) is 53.2 Å². The van der Waals surface area contributed by atoms with Crippen molar-refractivity contribution in [3.8, 4) is 5.75 Å². The second-order valence-corrected chi connectivity index (χ2v) is 7.34. The van der Waals surface area contributed by atoms with Gasteiger partial charge in [-0.2, -0.15) is 0 Å². The SMILES string of the molecule is CCn1c(C)c(C(=O)N2CCN(c3ccc(F)cc3)CC2)c2cc(OC)ccc21. The number of halogens is 1. The molecule has 3 aromatic rings. The van der Waals surface area contributed by atoms with Gasteiger partial charge in [0.05, 0.1) is 12.7 Å². The van der Waals surface area contributed by atoms with E-state index in [1.165, 1.54) is 12.1 Å². The van der Waals surface area contributed by atoms with E-state index in [9.17, 15) is 9.18 Å². The van der Waals surface area contributed by atoms with Gasteiger partial charge >= 0.3 is 0 Å². The number of methoxy groups -OCH3 is 1. The third kappa shape index (κ3) is 3.43. The van der Waals surface area contributed by atoms with E-state index < -0.39 is 0 Å². The lowest BCUT2D eigenvalue weighted by Crippen LogP contribution is -2.48. The minimum absolute atomic E-state index is 0.0618. The Hall–Kier alpha value is -3.02. The van der Waals surface area contributed by atoms with Crippen LogP contribution in [0.5, 0.6) is 5.75 Å². The first kappa shape index (κ1) is 19.3. The van der Waals surface area contributed by atoms with Gasteiger partial charge in [0.25, 0.3) is 5.91 Å². The van der Waals surface area contributed by atoms with E-state index >= 15 is 0 Å². The number of fused-ring (bicyclic) bond motifs is 1. The maximum Gasteiger partial charge on any atom is 0.256 e. The van der Waals surface area contributed by atoms with E-state index in [1.807, 2.05) is 30.0 Å². The smallest absolute Gasteiger partial charge is 0.256 e. The Morgan fingerprint density at radius 2 is 1.76 bits per heavy atom. The Labute approximate surface area is 170 Å². The number of hydrogen-bond acceptors (Lipinski definition) is 3. The fourth-order valence-electron chi connectivity index (χ4n) is 4.24. The van der Waals surface area contributed by atoms with E-state index in [4.69, 9.17) is 4.74 Å². The first-order valence-corrected chi connectivity index (χ1v) is 10.00. The Balaban J connectivity index is 1.59. The molecular formula is C23H26FN3O2. The lowest BCUT2D eigenvalue weighted by Gasteiger charge is -2.36. The van der Waals surface area contributed by atoms with Crippen molar-refractivity contribution in [3.05, 3.63) is 59.5 Å². The monoisotopic (exact) mass is 395 g/mol. The molecule has 0 saturated carbocycles. The number of benzene rings is 2.